The number of piperazine rings is 1. The van der Waals surface area contributed by atoms with E-state index in [0.717, 1.165) is 58.1 Å². The minimum Gasteiger partial charge on any atom is -0.462 e. The van der Waals surface area contributed by atoms with Crippen molar-refractivity contribution in [3.63, 3.8) is 0 Å². The topological polar surface area (TPSA) is 71.1 Å². The number of fused-ring (bicyclic) bond motifs is 3. The number of hydrogen-bond acceptors (Lipinski definition) is 7. The van der Waals surface area contributed by atoms with Gasteiger partial charge in [0, 0.05) is 51.0 Å². The maximum absolute atomic E-state index is 12.9. The molecule has 5 aliphatic rings. The summed E-state index contributed by atoms with van der Waals surface area (Å²) in [5.41, 5.74) is 0.391. The van der Waals surface area contributed by atoms with Crippen LogP contribution in [-0.4, -0.2) is 71.9 Å². The van der Waals surface area contributed by atoms with Gasteiger partial charge in [0.1, 0.15) is 6.10 Å². The molecule has 5 fully saturated rings. The first-order valence-electron chi connectivity index (χ1n) is 11.7. The lowest BCUT2D eigenvalue weighted by Crippen LogP contribution is -2.52. The molecule has 162 valence electrons. The van der Waals surface area contributed by atoms with Crippen LogP contribution in [-0.2, 0) is 14.3 Å². The van der Waals surface area contributed by atoms with Crippen LogP contribution in [0.15, 0.2) is 18.5 Å². The second-order valence-electron chi connectivity index (χ2n) is 10.4. The van der Waals surface area contributed by atoms with E-state index in [1.165, 1.54) is 19.3 Å². The summed E-state index contributed by atoms with van der Waals surface area (Å²) in [6, 6.07) is 1.85. The molecule has 0 aromatic carbocycles. The predicted molar refractivity (Wildman–Crippen MR) is 111 cm³/mol. The largest absolute Gasteiger partial charge is 0.462 e. The lowest BCUT2D eigenvalue weighted by molar-refractivity contribution is -0.147. The molecule has 7 heteroatoms. The summed E-state index contributed by atoms with van der Waals surface area (Å²) in [5.74, 6) is 1.79. The Morgan fingerprint density at radius 2 is 1.93 bits per heavy atom. The van der Waals surface area contributed by atoms with Gasteiger partial charge in [-0.3, -0.25) is 9.69 Å². The highest BCUT2D eigenvalue weighted by Crippen LogP contribution is 2.62. The minimum atomic E-state index is 0.0109. The third kappa shape index (κ3) is 3.04. The molecule has 1 spiro atoms. The van der Waals surface area contributed by atoms with Crippen LogP contribution in [0.4, 0.5) is 5.95 Å². The smallest absolute Gasteiger partial charge is 0.310 e. The number of aromatic nitrogens is 2. The van der Waals surface area contributed by atoms with Crippen molar-refractivity contribution in [1.82, 2.24) is 14.9 Å². The number of hydrogen-bond donors (Lipinski definition) is 0. The third-order valence-electron chi connectivity index (χ3n) is 8.74. The van der Waals surface area contributed by atoms with Crippen molar-refractivity contribution in [2.24, 2.45) is 23.2 Å². The van der Waals surface area contributed by atoms with Crippen LogP contribution < -0.4 is 4.90 Å². The summed E-state index contributed by atoms with van der Waals surface area (Å²) in [6.07, 6.45) is 9.51. The molecule has 4 heterocycles. The quantitative estimate of drug-likeness (QED) is 0.556. The summed E-state index contributed by atoms with van der Waals surface area (Å²) in [7, 11) is 0. The fraction of sp³-hybridized carbons (Fsp3) is 0.783. The fourth-order valence-electron chi connectivity index (χ4n) is 7.03. The van der Waals surface area contributed by atoms with Crippen LogP contribution in [0.5, 0.6) is 0 Å². The van der Waals surface area contributed by atoms with Gasteiger partial charge in [0.15, 0.2) is 0 Å². The number of epoxide rings is 1. The molecule has 2 aliphatic carbocycles. The Labute approximate surface area is 178 Å². The monoisotopic (exact) mass is 412 g/mol. The SMILES string of the molecule is C[C@]12CCC[C@]3(CO3)[C@@H]1C[C@@H]1[C@@H](C2)OC(=O)[C@@H]1CN1CCN(c2ncccn2)CC1. The Balaban J connectivity index is 1.12. The maximum atomic E-state index is 12.9. The van der Waals surface area contributed by atoms with Crippen molar-refractivity contribution in [3.8, 4) is 0 Å². The number of ether oxygens (including phenoxy) is 2. The number of carbonyl (C=O) groups excluding carboxylic acids is 1. The number of rotatable bonds is 3. The molecule has 6 atom stereocenters. The second kappa shape index (κ2) is 6.89. The van der Waals surface area contributed by atoms with Gasteiger partial charge in [0.2, 0.25) is 5.95 Å². The zero-order valence-electron chi connectivity index (χ0n) is 17.8. The van der Waals surface area contributed by atoms with Gasteiger partial charge in [-0.15, -0.1) is 0 Å². The van der Waals surface area contributed by atoms with Crippen molar-refractivity contribution in [1.29, 1.82) is 0 Å². The Bertz CT molecular complexity index is 808. The van der Waals surface area contributed by atoms with Crippen LogP contribution in [0.1, 0.15) is 39.0 Å². The molecule has 0 unspecified atom stereocenters. The molecule has 1 aromatic rings. The molecule has 3 saturated heterocycles. The Kier molecular flexibility index (Phi) is 4.36. The van der Waals surface area contributed by atoms with Gasteiger partial charge >= 0.3 is 5.97 Å². The third-order valence-corrected chi connectivity index (χ3v) is 8.74. The molecule has 1 aromatic heterocycles. The number of anilines is 1. The molecule has 0 bridgehead atoms. The summed E-state index contributed by atoms with van der Waals surface area (Å²) < 4.78 is 12.0. The van der Waals surface area contributed by atoms with Gasteiger partial charge in [-0.2, -0.15) is 0 Å². The van der Waals surface area contributed by atoms with Crippen molar-refractivity contribution in [3.05, 3.63) is 18.5 Å². The first-order valence-corrected chi connectivity index (χ1v) is 11.7. The Hall–Kier alpha value is -1.73. The van der Waals surface area contributed by atoms with Crippen molar-refractivity contribution in [2.45, 2.75) is 50.7 Å². The second-order valence-corrected chi connectivity index (χ2v) is 10.4. The van der Waals surface area contributed by atoms with Gasteiger partial charge in [0.25, 0.3) is 0 Å². The molecule has 7 nitrogen and oxygen atoms in total. The zero-order chi connectivity index (χ0) is 20.3. The average molecular weight is 413 g/mol. The minimum absolute atomic E-state index is 0.0109. The first kappa shape index (κ1) is 19.0. The normalized spacial score (nSPS) is 43.2. The Morgan fingerprint density at radius 1 is 1.17 bits per heavy atom. The van der Waals surface area contributed by atoms with Gasteiger partial charge in [-0.05, 0) is 49.5 Å². The van der Waals surface area contributed by atoms with Crippen molar-refractivity contribution in [2.75, 3.05) is 44.2 Å². The van der Waals surface area contributed by atoms with Crippen LogP contribution in [0.25, 0.3) is 0 Å². The standard InChI is InChI=1S/C23H32N4O3/c1-22-4-2-5-23(15-29-23)19(22)12-16-17(20(28)30-18(16)13-22)14-26-8-10-27(11-9-26)21-24-6-3-7-25-21/h3,6-7,16-19H,2,4-5,8-15H2,1H3/t16-,17+,18+,19+,22+,23-/m0/s1. The molecular weight excluding hydrogens is 380 g/mol. The number of esters is 1. The highest BCUT2D eigenvalue weighted by Gasteiger charge is 2.65. The van der Waals surface area contributed by atoms with E-state index in [9.17, 15) is 4.79 Å². The van der Waals surface area contributed by atoms with Gasteiger partial charge < -0.3 is 14.4 Å². The van der Waals surface area contributed by atoms with Crippen LogP contribution in [0, 0.1) is 23.2 Å². The van der Waals surface area contributed by atoms with Crippen molar-refractivity contribution < 1.29 is 14.3 Å². The van der Waals surface area contributed by atoms with Gasteiger partial charge in [-0.1, -0.05) is 6.92 Å². The molecule has 0 amide bonds. The van der Waals surface area contributed by atoms with Gasteiger partial charge in [0.05, 0.1) is 18.1 Å². The molecule has 3 aliphatic heterocycles. The average Bonchev–Trinajstić information content (AvgIpc) is 3.46. The van der Waals surface area contributed by atoms with E-state index in [4.69, 9.17) is 9.47 Å². The molecular formula is C23H32N4O3. The molecule has 30 heavy (non-hydrogen) atoms. The fourth-order valence-corrected chi connectivity index (χ4v) is 7.03. The summed E-state index contributed by atoms with van der Waals surface area (Å²) >= 11 is 0. The molecule has 6 rings (SSSR count). The predicted octanol–water partition coefficient (Wildman–Crippen LogP) is 2.13. The molecule has 0 N–H and O–H groups in total. The lowest BCUT2D eigenvalue weighted by Gasteiger charge is -2.51. The van der Waals surface area contributed by atoms with E-state index in [0.29, 0.717) is 11.8 Å². The van der Waals surface area contributed by atoms with Gasteiger partial charge in [-0.25, -0.2) is 9.97 Å². The zero-order valence-corrected chi connectivity index (χ0v) is 17.8. The van der Waals surface area contributed by atoms with Crippen LogP contribution in [0.3, 0.4) is 0 Å². The van der Waals surface area contributed by atoms with E-state index < -0.39 is 0 Å². The first-order chi connectivity index (χ1) is 14.6. The van der Waals surface area contributed by atoms with E-state index in [1.807, 2.05) is 6.07 Å². The Morgan fingerprint density at radius 3 is 2.67 bits per heavy atom. The van der Waals surface area contributed by atoms with E-state index in [-0.39, 0.29) is 29.0 Å². The molecule has 0 radical (unpaired) electrons. The highest BCUT2D eigenvalue weighted by molar-refractivity contribution is 5.75. The van der Waals surface area contributed by atoms with E-state index in [1.54, 1.807) is 12.4 Å². The van der Waals surface area contributed by atoms with E-state index >= 15 is 0 Å². The lowest BCUT2D eigenvalue weighted by atomic mass is 9.53. The number of carbonyl (C=O) groups is 1. The van der Waals surface area contributed by atoms with E-state index in [2.05, 4.69) is 26.7 Å². The summed E-state index contributed by atoms with van der Waals surface area (Å²) in [4.78, 5) is 26.3. The molecule has 2 saturated carbocycles. The highest BCUT2D eigenvalue weighted by atomic mass is 16.6. The van der Waals surface area contributed by atoms with Crippen molar-refractivity contribution >= 4 is 11.9 Å². The van der Waals surface area contributed by atoms with Crippen LogP contribution >= 0.6 is 0 Å². The summed E-state index contributed by atoms with van der Waals surface area (Å²) in [6.45, 7) is 7.84. The maximum Gasteiger partial charge on any atom is 0.310 e. The summed E-state index contributed by atoms with van der Waals surface area (Å²) in [5, 5.41) is 0. The number of nitrogens with zero attached hydrogens (tertiary/aromatic N) is 4. The van der Waals surface area contributed by atoms with Crippen LogP contribution in [0.2, 0.25) is 0 Å².